The maximum absolute atomic E-state index is 13.0. The van der Waals surface area contributed by atoms with Crippen LogP contribution in [0.25, 0.3) is 0 Å². The Kier molecular flexibility index (Phi) is 4.82. The fraction of sp³-hybridized carbons (Fsp3) is 0. The van der Waals surface area contributed by atoms with E-state index in [1.807, 2.05) is 0 Å². The highest BCUT2D eigenvalue weighted by atomic mass is 79.9. The van der Waals surface area contributed by atoms with Crippen LogP contribution in [0, 0.1) is 11.6 Å². The van der Waals surface area contributed by atoms with E-state index >= 15 is 0 Å². The van der Waals surface area contributed by atoms with Crippen LogP contribution in [0.4, 0.5) is 8.78 Å². The molecule has 2 nitrogen and oxygen atoms in total. The molecule has 0 aliphatic heterocycles. The van der Waals surface area contributed by atoms with Crippen LogP contribution in [-0.2, 0) is 0 Å². The molecule has 0 bridgehead atoms. The molecule has 0 aromatic heterocycles. The van der Waals surface area contributed by atoms with E-state index in [4.69, 9.17) is 9.31 Å². The summed E-state index contributed by atoms with van der Waals surface area (Å²) in [6.45, 7) is 0. The molecule has 0 fully saturated rings. The van der Waals surface area contributed by atoms with Gasteiger partial charge in [-0.3, -0.25) is 0 Å². The van der Waals surface area contributed by atoms with E-state index in [1.54, 1.807) is 0 Å². The zero-order valence-electron chi connectivity index (χ0n) is 9.50. The van der Waals surface area contributed by atoms with Gasteiger partial charge in [0.15, 0.2) is 0 Å². The molecule has 0 aliphatic rings. The Bertz CT molecular complexity index is 544. The molecule has 0 aliphatic carbocycles. The average Bonchev–Trinajstić information content (AvgIpc) is 2.38. The van der Waals surface area contributed by atoms with Gasteiger partial charge in [0, 0.05) is 0 Å². The van der Waals surface area contributed by atoms with E-state index in [1.165, 1.54) is 36.4 Å². The molecule has 2 rings (SSSR count). The molecule has 0 N–H and O–H groups in total. The Morgan fingerprint density at radius 2 is 1.21 bits per heavy atom. The molecule has 0 saturated carbocycles. The van der Waals surface area contributed by atoms with Crippen LogP contribution in [-0.4, -0.2) is 7.69 Å². The second-order valence-electron chi connectivity index (χ2n) is 3.56. The van der Waals surface area contributed by atoms with E-state index in [0.717, 1.165) is 0 Å². The fourth-order valence-electron chi connectivity index (χ4n) is 1.30. The monoisotopic (exact) mass is 390 g/mol. The predicted octanol–water partition coefficient (Wildman–Crippen LogP) is 4.21. The lowest BCUT2D eigenvalue weighted by atomic mass is 10.3. The Hall–Kier alpha value is -1.08. The molecular formula is C12H7BBr2F2O2. The first kappa shape index (κ1) is 14.3. The number of hydrogen-bond donors (Lipinski definition) is 0. The van der Waals surface area contributed by atoms with E-state index in [9.17, 15) is 8.78 Å². The normalized spacial score (nSPS) is 10.1. The maximum Gasteiger partial charge on any atom is 0.576 e. The van der Waals surface area contributed by atoms with Crippen molar-refractivity contribution >= 4 is 39.5 Å². The first-order chi connectivity index (χ1) is 9.06. The smallest absolute Gasteiger partial charge is 0.528 e. The standard InChI is InChI=1S/C12H7BBr2F2O2/c14-9-5-7(1-3-11(9)16)18-13-19-8-2-4-12(17)10(15)6-8/h1-6,13H. The lowest BCUT2D eigenvalue weighted by molar-refractivity contribution is 0.456. The molecule has 0 saturated heterocycles. The second kappa shape index (κ2) is 6.39. The number of benzene rings is 2. The van der Waals surface area contributed by atoms with Crippen molar-refractivity contribution in [2.45, 2.75) is 0 Å². The average molecular weight is 392 g/mol. The van der Waals surface area contributed by atoms with Gasteiger partial charge in [-0.1, -0.05) is 0 Å². The highest BCUT2D eigenvalue weighted by molar-refractivity contribution is 9.10. The zero-order chi connectivity index (χ0) is 13.8. The van der Waals surface area contributed by atoms with Crippen molar-refractivity contribution in [2.75, 3.05) is 0 Å². The molecule has 0 heterocycles. The third-order valence-corrected chi connectivity index (χ3v) is 3.45. The number of hydrogen-bond acceptors (Lipinski definition) is 2. The van der Waals surface area contributed by atoms with Gasteiger partial charge in [-0.15, -0.1) is 0 Å². The minimum absolute atomic E-state index is 0.0594. The first-order valence-electron chi connectivity index (χ1n) is 5.22. The van der Waals surface area contributed by atoms with Crippen molar-refractivity contribution < 1.29 is 18.1 Å². The molecule has 2 aromatic rings. The fourth-order valence-corrected chi connectivity index (χ4v) is 2.01. The van der Waals surface area contributed by atoms with Gasteiger partial charge in [0.05, 0.1) is 8.95 Å². The van der Waals surface area contributed by atoms with Crippen molar-refractivity contribution in [3.63, 3.8) is 0 Å². The van der Waals surface area contributed by atoms with Crippen molar-refractivity contribution in [1.29, 1.82) is 0 Å². The van der Waals surface area contributed by atoms with Crippen LogP contribution in [0.1, 0.15) is 0 Å². The largest absolute Gasteiger partial charge is 0.576 e. The van der Waals surface area contributed by atoms with Gasteiger partial charge in [-0.25, -0.2) is 8.78 Å². The summed E-state index contributed by atoms with van der Waals surface area (Å²) in [5.74, 6) is 0.204. The van der Waals surface area contributed by atoms with Crippen molar-refractivity contribution in [1.82, 2.24) is 0 Å². The lowest BCUT2D eigenvalue weighted by Crippen LogP contribution is -2.11. The summed E-state index contributed by atoms with van der Waals surface area (Å²) >= 11 is 6.11. The van der Waals surface area contributed by atoms with E-state index in [2.05, 4.69) is 31.9 Å². The molecule has 0 radical (unpaired) electrons. The Morgan fingerprint density at radius 3 is 1.58 bits per heavy atom. The Labute approximate surface area is 126 Å². The molecule has 98 valence electrons. The summed E-state index contributed by atoms with van der Waals surface area (Å²) < 4.78 is 37.2. The maximum atomic E-state index is 13.0. The quantitative estimate of drug-likeness (QED) is 0.727. The first-order valence-corrected chi connectivity index (χ1v) is 6.80. The van der Waals surface area contributed by atoms with Crippen LogP contribution in [0.5, 0.6) is 11.5 Å². The zero-order valence-corrected chi connectivity index (χ0v) is 12.7. The summed E-state index contributed by atoms with van der Waals surface area (Å²) in [5.41, 5.74) is 0. The molecule has 2 aromatic carbocycles. The highest BCUT2D eigenvalue weighted by Gasteiger charge is 2.05. The SMILES string of the molecule is Fc1ccc(OBOc2ccc(F)c(Br)c2)cc1Br. The van der Waals surface area contributed by atoms with Gasteiger partial charge in [0.25, 0.3) is 0 Å². The molecule has 0 spiro atoms. The second-order valence-corrected chi connectivity index (χ2v) is 5.27. The van der Waals surface area contributed by atoms with E-state index < -0.39 is 0 Å². The predicted molar refractivity (Wildman–Crippen MR) is 76.6 cm³/mol. The van der Waals surface area contributed by atoms with Gasteiger partial charge in [0.1, 0.15) is 23.1 Å². The Morgan fingerprint density at radius 1 is 0.789 bits per heavy atom. The van der Waals surface area contributed by atoms with Gasteiger partial charge in [0.2, 0.25) is 0 Å². The van der Waals surface area contributed by atoms with Gasteiger partial charge < -0.3 is 9.31 Å². The number of halogens is 4. The highest BCUT2D eigenvalue weighted by Crippen LogP contribution is 2.23. The molecule has 0 unspecified atom stereocenters. The third kappa shape index (κ3) is 3.94. The summed E-state index contributed by atoms with van der Waals surface area (Å²) in [7, 11) is -0.0594. The lowest BCUT2D eigenvalue weighted by Gasteiger charge is -2.08. The van der Waals surface area contributed by atoms with Crippen LogP contribution >= 0.6 is 31.9 Å². The van der Waals surface area contributed by atoms with Crippen molar-refractivity contribution in [2.24, 2.45) is 0 Å². The molecule has 19 heavy (non-hydrogen) atoms. The van der Waals surface area contributed by atoms with Crippen LogP contribution in [0.15, 0.2) is 45.3 Å². The Balaban J connectivity index is 1.92. The molecule has 0 amide bonds. The summed E-state index contributed by atoms with van der Waals surface area (Å²) in [6, 6.07) is 8.55. The van der Waals surface area contributed by atoms with Gasteiger partial charge in [-0.2, -0.15) is 0 Å². The molecular weight excluding hydrogens is 385 g/mol. The molecule has 0 atom stereocenters. The topological polar surface area (TPSA) is 18.5 Å². The van der Waals surface area contributed by atoms with Crippen LogP contribution < -0.4 is 9.31 Å². The minimum Gasteiger partial charge on any atom is -0.528 e. The van der Waals surface area contributed by atoms with Crippen molar-refractivity contribution in [3.05, 3.63) is 57.0 Å². The van der Waals surface area contributed by atoms with E-state index in [0.29, 0.717) is 20.4 Å². The van der Waals surface area contributed by atoms with Gasteiger partial charge in [-0.05, 0) is 68.3 Å². The summed E-state index contributed by atoms with van der Waals surface area (Å²) in [6.07, 6.45) is 0. The summed E-state index contributed by atoms with van der Waals surface area (Å²) in [5, 5.41) is 0. The molecule has 7 heteroatoms. The van der Waals surface area contributed by atoms with E-state index in [-0.39, 0.29) is 19.3 Å². The van der Waals surface area contributed by atoms with Crippen LogP contribution in [0.3, 0.4) is 0 Å². The van der Waals surface area contributed by atoms with Crippen LogP contribution in [0.2, 0.25) is 0 Å². The summed E-state index contributed by atoms with van der Waals surface area (Å²) in [4.78, 5) is 0. The third-order valence-electron chi connectivity index (χ3n) is 2.23. The minimum atomic E-state index is -0.365. The van der Waals surface area contributed by atoms with Gasteiger partial charge >= 0.3 is 7.69 Å². The number of rotatable bonds is 4. The van der Waals surface area contributed by atoms with Crippen molar-refractivity contribution in [3.8, 4) is 11.5 Å².